The summed E-state index contributed by atoms with van der Waals surface area (Å²) in [6.45, 7) is 0.341. The molecule has 0 saturated heterocycles. The molecule has 0 bridgehead atoms. The van der Waals surface area contributed by atoms with E-state index in [1.807, 2.05) is 36.4 Å². The first-order valence-corrected chi connectivity index (χ1v) is 6.88. The lowest BCUT2D eigenvalue weighted by Gasteiger charge is -2.11. The third-order valence-corrected chi connectivity index (χ3v) is 3.34. The number of primary amides is 1. The first-order chi connectivity index (χ1) is 10.5. The zero-order valence-corrected chi connectivity index (χ0v) is 12.3. The molecule has 0 aromatic heterocycles. The standard InChI is InChI=1S/C16H19N3O3/c1-22-13-5-4-11-6-10(2-3-12(11)7-13)9-19-16(21)14(17)8-15(18)20/h2-7,14H,8-9,17H2,1H3,(H2,18,20)(H,19,21). The van der Waals surface area contributed by atoms with Gasteiger partial charge in [-0.05, 0) is 34.5 Å². The van der Waals surface area contributed by atoms with Crippen LogP contribution in [0.15, 0.2) is 36.4 Å². The quantitative estimate of drug-likeness (QED) is 0.728. The van der Waals surface area contributed by atoms with Crippen molar-refractivity contribution in [2.45, 2.75) is 19.0 Å². The molecule has 116 valence electrons. The van der Waals surface area contributed by atoms with Crippen LogP contribution in [0.1, 0.15) is 12.0 Å². The fourth-order valence-corrected chi connectivity index (χ4v) is 2.14. The zero-order valence-electron chi connectivity index (χ0n) is 12.3. The fraction of sp³-hybridized carbons (Fsp3) is 0.250. The monoisotopic (exact) mass is 301 g/mol. The summed E-state index contributed by atoms with van der Waals surface area (Å²) in [6, 6.07) is 10.7. The summed E-state index contributed by atoms with van der Waals surface area (Å²) in [6.07, 6.45) is -0.163. The molecule has 0 aliphatic heterocycles. The van der Waals surface area contributed by atoms with Crippen molar-refractivity contribution < 1.29 is 14.3 Å². The minimum absolute atomic E-state index is 0.163. The van der Waals surface area contributed by atoms with Crippen molar-refractivity contribution in [1.29, 1.82) is 0 Å². The van der Waals surface area contributed by atoms with Gasteiger partial charge in [0.2, 0.25) is 11.8 Å². The summed E-state index contributed by atoms with van der Waals surface area (Å²) in [5.74, 6) is -0.193. The maximum atomic E-state index is 11.7. The number of nitrogens with two attached hydrogens (primary N) is 2. The Balaban J connectivity index is 2.03. The minimum atomic E-state index is -0.915. The predicted octanol–water partition coefficient (Wildman–Crippen LogP) is 0.667. The van der Waals surface area contributed by atoms with Crippen LogP contribution in [-0.4, -0.2) is 25.0 Å². The van der Waals surface area contributed by atoms with Gasteiger partial charge in [0, 0.05) is 6.54 Å². The Kier molecular flexibility index (Phi) is 4.95. The molecule has 0 spiro atoms. The second-order valence-corrected chi connectivity index (χ2v) is 5.04. The van der Waals surface area contributed by atoms with Gasteiger partial charge in [-0.2, -0.15) is 0 Å². The zero-order chi connectivity index (χ0) is 16.1. The molecule has 2 aromatic carbocycles. The largest absolute Gasteiger partial charge is 0.497 e. The van der Waals surface area contributed by atoms with Gasteiger partial charge in [-0.25, -0.2) is 0 Å². The van der Waals surface area contributed by atoms with Crippen LogP contribution in [0.25, 0.3) is 10.8 Å². The molecule has 0 aliphatic carbocycles. The molecule has 5 N–H and O–H groups in total. The highest BCUT2D eigenvalue weighted by Gasteiger charge is 2.15. The number of fused-ring (bicyclic) bond motifs is 1. The Bertz CT molecular complexity index is 700. The van der Waals surface area contributed by atoms with Gasteiger partial charge < -0.3 is 21.5 Å². The van der Waals surface area contributed by atoms with Crippen LogP contribution in [0.2, 0.25) is 0 Å². The number of hydrogen-bond donors (Lipinski definition) is 3. The maximum absolute atomic E-state index is 11.7. The number of hydrogen-bond acceptors (Lipinski definition) is 4. The number of benzene rings is 2. The van der Waals surface area contributed by atoms with Gasteiger partial charge in [0.1, 0.15) is 5.75 Å². The van der Waals surface area contributed by atoms with Gasteiger partial charge in [-0.3, -0.25) is 9.59 Å². The molecular formula is C16H19N3O3. The van der Waals surface area contributed by atoms with Crippen LogP contribution in [0, 0.1) is 0 Å². The van der Waals surface area contributed by atoms with E-state index in [-0.39, 0.29) is 6.42 Å². The van der Waals surface area contributed by atoms with Crippen LogP contribution < -0.4 is 21.5 Å². The fourth-order valence-electron chi connectivity index (χ4n) is 2.14. The van der Waals surface area contributed by atoms with Crippen molar-refractivity contribution in [2.24, 2.45) is 11.5 Å². The maximum Gasteiger partial charge on any atom is 0.237 e. The summed E-state index contributed by atoms with van der Waals surface area (Å²) in [5, 5.41) is 4.80. The van der Waals surface area contributed by atoms with Gasteiger partial charge in [0.05, 0.1) is 19.6 Å². The number of carbonyl (C=O) groups is 2. The van der Waals surface area contributed by atoms with E-state index in [9.17, 15) is 9.59 Å². The van der Waals surface area contributed by atoms with Crippen LogP contribution in [0.4, 0.5) is 0 Å². The van der Waals surface area contributed by atoms with Crippen LogP contribution in [0.5, 0.6) is 5.75 Å². The minimum Gasteiger partial charge on any atom is -0.497 e. The van der Waals surface area contributed by atoms with Gasteiger partial charge >= 0.3 is 0 Å². The average molecular weight is 301 g/mol. The van der Waals surface area contributed by atoms with Crippen molar-refractivity contribution >= 4 is 22.6 Å². The molecule has 22 heavy (non-hydrogen) atoms. The molecule has 0 heterocycles. The molecule has 1 atom stereocenters. The van der Waals surface area contributed by atoms with E-state index in [2.05, 4.69) is 5.32 Å². The Morgan fingerprint density at radius 1 is 1.18 bits per heavy atom. The number of ether oxygens (including phenoxy) is 1. The van der Waals surface area contributed by atoms with Crippen molar-refractivity contribution in [3.63, 3.8) is 0 Å². The van der Waals surface area contributed by atoms with E-state index in [1.165, 1.54) is 0 Å². The molecule has 2 amide bonds. The van der Waals surface area contributed by atoms with Gasteiger partial charge in [0.25, 0.3) is 0 Å². The van der Waals surface area contributed by atoms with E-state index < -0.39 is 17.9 Å². The molecule has 1 unspecified atom stereocenters. The summed E-state index contributed by atoms with van der Waals surface area (Å²) in [5.41, 5.74) is 11.5. The molecular weight excluding hydrogens is 282 g/mol. The van der Waals surface area contributed by atoms with E-state index >= 15 is 0 Å². The van der Waals surface area contributed by atoms with Gasteiger partial charge in [-0.1, -0.05) is 18.2 Å². The van der Waals surface area contributed by atoms with Crippen molar-refractivity contribution in [3.8, 4) is 5.75 Å². The van der Waals surface area contributed by atoms with E-state index in [1.54, 1.807) is 7.11 Å². The smallest absolute Gasteiger partial charge is 0.237 e. The van der Waals surface area contributed by atoms with E-state index in [4.69, 9.17) is 16.2 Å². The predicted molar refractivity (Wildman–Crippen MR) is 84.1 cm³/mol. The Morgan fingerprint density at radius 2 is 1.86 bits per heavy atom. The summed E-state index contributed by atoms with van der Waals surface area (Å²) in [7, 11) is 1.63. The van der Waals surface area contributed by atoms with Crippen LogP contribution in [0.3, 0.4) is 0 Å². The van der Waals surface area contributed by atoms with Crippen LogP contribution in [-0.2, 0) is 16.1 Å². The van der Waals surface area contributed by atoms with Crippen molar-refractivity contribution in [1.82, 2.24) is 5.32 Å². The molecule has 2 rings (SSSR count). The lowest BCUT2D eigenvalue weighted by molar-refractivity contribution is -0.126. The van der Waals surface area contributed by atoms with E-state index in [0.29, 0.717) is 6.54 Å². The average Bonchev–Trinajstić information content (AvgIpc) is 2.51. The topological polar surface area (TPSA) is 107 Å². The highest BCUT2D eigenvalue weighted by atomic mass is 16.5. The number of methoxy groups -OCH3 is 1. The Morgan fingerprint density at radius 3 is 2.55 bits per heavy atom. The lowest BCUT2D eigenvalue weighted by Crippen LogP contribution is -2.42. The summed E-state index contributed by atoms with van der Waals surface area (Å²) in [4.78, 5) is 22.5. The molecule has 0 aliphatic rings. The van der Waals surface area contributed by atoms with Crippen molar-refractivity contribution in [3.05, 3.63) is 42.0 Å². The first-order valence-electron chi connectivity index (χ1n) is 6.88. The lowest BCUT2D eigenvalue weighted by atomic mass is 10.1. The first kappa shape index (κ1) is 15.8. The van der Waals surface area contributed by atoms with Gasteiger partial charge in [0.15, 0.2) is 0 Å². The summed E-state index contributed by atoms with van der Waals surface area (Å²) < 4.78 is 5.18. The third-order valence-electron chi connectivity index (χ3n) is 3.34. The Labute approximate surface area is 128 Å². The molecule has 0 fully saturated rings. The molecule has 6 heteroatoms. The highest BCUT2D eigenvalue weighted by Crippen LogP contribution is 2.21. The normalized spacial score (nSPS) is 11.9. The molecule has 2 aromatic rings. The van der Waals surface area contributed by atoms with Crippen molar-refractivity contribution in [2.75, 3.05) is 7.11 Å². The summed E-state index contributed by atoms with van der Waals surface area (Å²) >= 11 is 0. The number of carbonyl (C=O) groups excluding carboxylic acids is 2. The SMILES string of the molecule is COc1ccc2cc(CNC(=O)C(N)CC(N)=O)ccc2c1. The number of nitrogens with one attached hydrogen (secondary N) is 1. The third kappa shape index (κ3) is 3.95. The second kappa shape index (κ2) is 6.91. The molecule has 6 nitrogen and oxygen atoms in total. The number of rotatable bonds is 6. The van der Waals surface area contributed by atoms with Gasteiger partial charge in [-0.15, -0.1) is 0 Å². The number of amides is 2. The molecule has 0 saturated carbocycles. The van der Waals surface area contributed by atoms with E-state index in [0.717, 1.165) is 22.1 Å². The second-order valence-electron chi connectivity index (χ2n) is 5.04. The Hall–Kier alpha value is -2.60. The van der Waals surface area contributed by atoms with Crippen LogP contribution >= 0.6 is 0 Å². The highest BCUT2D eigenvalue weighted by molar-refractivity contribution is 5.88. The molecule has 0 radical (unpaired) electrons.